The summed E-state index contributed by atoms with van der Waals surface area (Å²) in [7, 11) is 0. The normalized spacial score (nSPS) is 14.2. The summed E-state index contributed by atoms with van der Waals surface area (Å²) in [5.74, 6) is 0.670. The van der Waals surface area contributed by atoms with Crippen molar-refractivity contribution in [1.82, 2.24) is 0 Å². The number of halogens is 1. The van der Waals surface area contributed by atoms with Gasteiger partial charge in [-0.05, 0) is 90.6 Å². The summed E-state index contributed by atoms with van der Waals surface area (Å²) in [4.78, 5) is 0. The lowest BCUT2D eigenvalue weighted by molar-refractivity contribution is 0.474. The third-order valence-electron chi connectivity index (χ3n) is 5.16. The molecule has 0 aromatic heterocycles. The summed E-state index contributed by atoms with van der Waals surface area (Å²) in [6.45, 7) is 0. The molecular weight excluding hydrogens is 388 g/mol. The van der Waals surface area contributed by atoms with E-state index in [4.69, 9.17) is 0 Å². The topological polar surface area (TPSA) is 40.5 Å². The first-order chi connectivity index (χ1) is 12.7. The van der Waals surface area contributed by atoms with Crippen molar-refractivity contribution >= 4 is 27.1 Å². The van der Waals surface area contributed by atoms with Gasteiger partial charge in [-0.3, -0.25) is 0 Å². The number of benzene rings is 2. The minimum atomic E-state index is 0.321. The molecule has 1 aliphatic rings. The van der Waals surface area contributed by atoms with Gasteiger partial charge in [0.25, 0.3) is 0 Å². The van der Waals surface area contributed by atoms with Crippen LogP contribution in [0.2, 0.25) is 0 Å². The molecule has 0 bridgehead atoms. The average molecular weight is 415 g/mol. The van der Waals surface area contributed by atoms with E-state index in [1.54, 1.807) is 12.1 Å². The van der Waals surface area contributed by atoms with Crippen molar-refractivity contribution in [3.05, 3.63) is 59.2 Å². The SMILES string of the molecule is Oc1cccc(C2=C(CCCCCCBr)c3ccc(O)cc3CCC2)c1. The Morgan fingerprint density at radius 2 is 1.65 bits per heavy atom. The monoisotopic (exact) mass is 414 g/mol. The van der Waals surface area contributed by atoms with Gasteiger partial charge in [0.2, 0.25) is 0 Å². The van der Waals surface area contributed by atoms with Gasteiger partial charge >= 0.3 is 0 Å². The zero-order chi connectivity index (χ0) is 18.4. The Morgan fingerprint density at radius 3 is 2.46 bits per heavy atom. The van der Waals surface area contributed by atoms with Gasteiger partial charge in [0.1, 0.15) is 11.5 Å². The molecule has 2 aromatic rings. The van der Waals surface area contributed by atoms with E-state index in [0.29, 0.717) is 11.5 Å². The van der Waals surface area contributed by atoms with Crippen LogP contribution in [0.15, 0.2) is 42.5 Å². The van der Waals surface area contributed by atoms with Crippen LogP contribution in [-0.4, -0.2) is 15.5 Å². The summed E-state index contributed by atoms with van der Waals surface area (Å²) in [5, 5.41) is 20.9. The average Bonchev–Trinajstić information content (AvgIpc) is 2.80. The Balaban J connectivity index is 1.97. The highest BCUT2D eigenvalue weighted by Gasteiger charge is 2.19. The van der Waals surface area contributed by atoms with E-state index in [1.165, 1.54) is 48.0 Å². The number of aryl methyl sites for hydroxylation is 1. The van der Waals surface area contributed by atoms with E-state index in [-0.39, 0.29) is 0 Å². The molecule has 0 saturated carbocycles. The molecule has 0 aliphatic heterocycles. The molecule has 138 valence electrons. The Kier molecular flexibility index (Phi) is 6.79. The van der Waals surface area contributed by atoms with Crippen LogP contribution >= 0.6 is 15.9 Å². The lowest BCUT2D eigenvalue weighted by atomic mass is 9.89. The molecule has 26 heavy (non-hydrogen) atoms. The van der Waals surface area contributed by atoms with Gasteiger partial charge in [-0.15, -0.1) is 0 Å². The Hall–Kier alpha value is -1.74. The molecule has 0 spiro atoms. The number of unbranched alkanes of at least 4 members (excludes halogenated alkanes) is 3. The van der Waals surface area contributed by atoms with E-state index in [1.807, 2.05) is 18.2 Å². The molecule has 0 atom stereocenters. The van der Waals surface area contributed by atoms with E-state index in [2.05, 4.69) is 28.1 Å². The minimum Gasteiger partial charge on any atom is -0.508 e. The van der Waals surface area contributed by atoms with Crippen LogP contribution in [0.3, 0.4) is 0 Å². The molecule has 1 aliphatic carbocycles. The van der Waals surface area contributed by atoms with Gasteiger partial charge in [0.05, 0.1) is 0 Å². The number of aromatic hydroxyl groups is 2. The zero-order valence-electron chi connectivity index (χ0n) is 15.2. The smallest absolute Gasteiger partial charge is 0.116 e. The second kappa shape index (κ2) is 9.27. The van der Waals surface area contributed by atoms with Crippen molar-refractivity contribution in [1.29, 1.82) is 0 Å². The number of rotatable bonds is 7. The maximum Gasteiger partial charge on any atom is 0.116 e. The molecule has 3 rings (SSSR count). The van der Waals surface area contributed by atoms with Gasteiger partial charge in [0, 0.05) is 5.33 Å². The van der Waals surface area contributed by atoms with Crippen molar-refractivity contribution in [3.63, 3.8) is 0 Å². The zero-order valence-corrected chi connectivity index (χ0v) is 16.8. The van der Waals surface area contributed by atoms with Crippen molar-refractivity contribution in [2.45, 2.75) is 51.4 Å². The van der Waals surface area contributed by atoms with Crippen molar-refractivity contribution in [2.75, 3.05) is 5.33 Å². The number of phenolic OH excluding ortho intramolecular Hbond substituents is 2. The van der Waals surface area contributed by atoms with E-state index >= 15 is 0 Å². The molecule has 0 amide bonds. The fraction of sp³-hybridized carbons (Fsp3) is 0.391. The highest BCUT2D eigenvalue weighted by atomic mass is 79.9. The number of hydrogen-bond acceptors (Lipinski definition) is 2. The summed E-state index contributed by atoms with van der Waals surface area (Å²) >= 11 is 3.51. The van der Waals surface area contributed by atoms with Crippen LogP contribution in [0.5, 0.6) is 11.5 Å². The van der Waals surface area contributed by atoms with Crippen LogP contribution in [0, 0.1) is 0 Å². The molecule has 2 N–H and O–H groups in total. The highest BCUT2D eigenvalue weighted by Crippen LogP contribution is 2.40. The molecule has 0 heterocycles. The summed E-state index contributed by atoms with van der Waals surface area (Å²) in [6.07, 6.45) is 8.99. The summed E-state index contributed by atoms with van der Waals surface area (Å²) in [5.41, 5.74) is 6.39. The first-order valence-electron chi connectivity index (χ1n) is 9.58. The lowest BCUT2D eigenvalue weighted by Crippen LogP contribution is -1.95. The van der Waals surface area contributed by atoms with E-state index in [9.17, 15) is 10.2 Å². The van der Waals surface area contributed by atoms with Gasteiger partial charge < -0.3 is 10.2 Å². The van der Waals surface area contributed by atoms with Crippen LogP contribution in [0.4, 0.5) is 0 Å². The number of fused-ring (bicyclic) bond motifs is 1. The molecule has 3 heteroatoms. The third-order valence-corrected chi connectivity index (χ3v) is 5.72. The Bertz CT molecular complexity index is 780. The maximum atomic E-state index is 9.95. The number of alkyl halides is 1. The van der Waals surface area contributed by atoms with Crippen molar-refractivity contribution in [2.24, 2.45) is 0 Å². The van der Waals surface area contributed by atoms with Gasteiger partial charge in [-0.25, -0.2) is 0 Å². The highest BCUT2D eigenvalue weighted by molar-refractivity contribution is 9.09. The van der Waals surface area contributed by atoms with Gasteiger partial charge in [-0.1, -0.05) is 47.0 Å². The molecular formula is C23H27BrO2. The first kappa shape index (κ1) is 19.0. The fourth-order valence-electron chi connectivity index (χ4n) is 3.90. The summed E-state index contributed by atoms with van der Waals surface area (Å²) < 4.78 is 0. The molecule has 2 nitrogen and oxygen atoms in total. The molecule has 0 unspecified atom stereocenters. The van der Waals surface area contributed by atoms with Crippen molar-refractivity contribution < 1.29 is 10.2 Å². The molecule has 2 aromatic carbocycles. The van der Waals surface area contributed by atoms with Crippen LogP contribution in [0.25, 0.3) is 11.1 Å². The Labute approximate surface area is 164 Å². The van der Waals surface area contributed by atoms with Crippen LogP contribution < -0.4 is 0 Å². The minimum absolute atomic E-state index is 0.321. The lowest BCUT2D eigenvalue weighted by Gasteiger charge is -2.16. The Morgan fingerprint density at radius 1 is 0.846 bits per heavy atom. The second-order valence-corrected chi connectivity index (χ2v) is 7.85. The number of allylic oxidation sites excluding steroid dienone is 2. The third kappa shape index (κ3) is 4.70. The predicted molar refractivity (Wildman–Crippen MR) is 113 cm³/mol. The largest absolute Gasteiger partial charge is 0.508 e. The molecule has 0 fully saturated rings. The van der Waals surface area contributed by atoms with Gasteiger partial charge in [0.15, 0.2) is 0 Å². The van der Waals surface area contributed by atoms with Crippen molar-refractivity contribution in [3.8, 4) is 11.5 Å². The maximum absolute atomic E-state index is 9.95. The van der Waals surface area contributed by atoms with E-state index in [0.717, 1.165) is 36.6 Å². The molecule has 0 radical (unpaired) electrons. The summed E-state index contributed by atoms with van der Waals surface area (Å²) in [6, 6.07) is 13.4. The first-order valence-corrected chi connectivity index (χ1v) is 10.7. The predicted octanol–water partition coefficient (Wildman–Crippen LogP) is 6.69. The number of hydrogen-bond donors (Lipinski definition) is 2. The van der Waals surface area contributed by atoms with Crippen LogP contribution in [-0.2, 0) is 6.42 Å². The standard InChI is InChI=1S/C23H27BrO2/c24-14-4-2-1-3-10-23-21(17-7-5-9-19(25)15-17)11-6-8-18-16-20(26)12-13-22(18)23/h5,7,9,12-13,15-16,25-26H,1-4,6,8,10-11,14H2. The van der Waals surface area contributed by atoms with E-state index < -0.39 is 0 Å². The fourth-order valence-corrected chi connectivity index (χ4v) is 4.29. The number of phenols is 2. The van der Waals surface area contributed by atoms with Crippen LogP contribution in [0.1, 0.15) is 61.6 Å². The second-order valence-electron chi connectivity index (χ2n) is 7.06. The molecule has 0 saturated heterocycles. The van der Waals surface area contributed by atoms with Gasteiger partial charge in [-0.2, -0.15) is 0 Å². The quantitative estimate of drug-likeness (QED) is 0.391.